The smallest absolute Gasteiger partial charge is 0.200 e. The highest BCUT2D eigenvalue weighted by Crippen LogP contribution is 2.37. The van der Waals surface area contributed by atoms with Gasteiger partial charge in [0.1, 0.15) is 7.05 Å². The maximum atomic E-state index is 7.96. The second-order valence-corrected chi connectivity index (χ2v) is 7.30. The van der Waals surface area contributed by atoms with Gasteiger partial charge in [-0.1, -0.05) is 36.6 Å². The van der Waals surface area contributed by atoms with Crippen LogP contribution in [0.25, 0.3) is 22.0 Å². The molecule has 0 saturated heterocycles. The van der Waals surface area contributed by atoms with Gasteiger partial charge in [-0.2, -0.15) is 0 Å². The Hall–Kier alpha value is -2.15. The van der Waals surface area contributed by atoms with Crippen molar-refractivity contribution in [3.63, 3.8) is 0 Å². The minimum absolute atomic E-state index is 0.0544. The van der Waals surface area contributed by atoms with Gasteiger partial charge in [-0.25, -0.2) is 4.57 Å². The maximum Gasteiger partial charge on any atom is 0.220 e. The maximum absolute atomic E-state index is 7.96. The van der Waals surface area contributed by atoms with Crippen molar-refractivity contribution in [1.29, 1.82) is 0 Å². The first-order valence-corrected chi connectivity index (χ1v) is 9.05. The Kier molecular flexibility index (Phi) is 2.71. The molecule has 0 bridgehead atoms. The van der Waals surface area contributed by atoms with E-state index in [9.17, 15) is 0 Å². The summed E-state index contributed by atoms with van der Waals surface area (Å²) in [6.07, 6.45) is 6.96. The number of hydrogen-bond donors (Lipinski definition) is 0. The molecule has 0 unspecified atom stereocenters. The van der Waals surface area contributed by atoms with Crippen molar-refractivity contribution < 1.29 is 12.8 Å². The number of aromatic nitrogens is 1. The van der Waals surface area contributed by atoms with Gasteiger partial charge in [-0.15, -0.1) is 0 Å². The van der Waals surface area contributed by atoms with Crippen LogP contribution in [0, 0.1) is 20.6 Å². The molecule has 1 fully saturated rings. The molecule has 1 saturated carbocycles. The van der Waals surface area contributed by atoms with E-state index in [-0.39, 0.29) is 11.1 Å². The lowest BCUT2D eigenvalue weighted by molar-refractivity contribution is -0.659. The molecule has 0 atom stereocenters. The predicted octanol–water partition coefficient (Wildman–Crippen LogP) is 5.91. The standard InChI is InChI=1S/C24H28N/c1-16-13-17(2)18(3)23(14-16)24-22-10-9-20(19-7-5-6-8-19)15-21(22)11-12-25(24)4/h9-15,19H,5-8H2,1-4H3/q+1/i1D3,2D3. The summed E-state index contributed by atoms with van der Waals surface area (Å²) in [4.78, 5) is 0. The lowest BCUT2D eigenvalue weighted by Gasteiger charge is -2.14. The van der Waals surface area contributed by atoms with Crippen molar-refractivity contribution in [1.82, 2.24) is 0 Å². The third-order valence-corrected chi connectivity index (χ3v) is 5.65. The van der Waals surface area contributed by atoms with Crippen LogP contribution in [0.5, 0.6) is 0 Å². The summed E-state index contributed by atoms with van der Waals surface area (Å²) in [6.45, 7) is -3.01. The Labute approximate surface area is 159 Å². The van der Waals surface area contributed by atoms with Crippen molar-refractivity contribution in [3.8, 4) is 11.3 Å². The van der Waals surface area contributed by atoms with Crippen molar-refractivity contribution in [2.45, 2.75) is 52.2 Å². The van der Waals surface area contributed by atoms with E-state index < -0.39 is 13.7 Å². The molecule has 25 heavy (non-hydrogen) atoms. The molecule has 1 aromatic heterocycles. The second-order valence-electron chi connectivity index (χ2n) is 7.30. The number of nitrogens with zero attached hydrogens (tertiary/aromatic N) is 1. The highest BCUT2D eigenvalue weighted by molar-refractivity contribution is 5.94. The van der Waals surface area contributed by atoms with Gasteiger partial charge in [0.25, 0.3) is 0 Å². The first-order chi connectivity index (χ1) is 14.5. The highest BCUT2D eigenvalue weighted by Gasteiger charge is 2.21. The molecule has 0 amide bonds. The SMILES string of the molecule is [2H]C([2H])([2H])c1cc(-c2c3ccc(C4CCCC4)cc3cc[n+]2C)c(C)c(C([2H])([2H])[2H])c1. The lowest BCUT2D eigenvalue weighted by atomic mass is 9.92. The number of hydrogen-bond acceptors (Lipinski definition) is 0. The number of rotatable bonds is 2. The van der Waals surface area contributed by atoms with Crippen LogP contribution in [0.2, 0.25) is 0 Å². The zero-order valence-electron chi connectivity index (χ0n) is 20.9. The molecule has 4 rings (SSSR count). The number of fused-ring (bicyclic) bond motifs is 1. The second kappa shape index (κ2) is 6.29. The monoisotopic (exact) mass is 336 g/mol. The van der Waals surface area contributed by atoms with E-state index in [1.807, 2.05) is 17.8 Å². The van der Waals surface area contributed by atoms with Gasteiger partial charge in [0, 0.05) is 14.3 Å². The summed E-state index contributed by atoms with van der Waals surface area (Å²) in [6, 6.07) is 11.6. The van der Waals surface area contributed by atoms with Gasteiger partial charge >= 0.3 is 0 Å². The molecule has 1 heterocycles. The molecule has 2 aromatic carbocycles. The fourth-order valence-electron chi connectivity index (χ4n) is 4.20. The Balaban J connectivity index is 1.98. The fraction of sp³-hybridized carbons (Fsp3) is 0.375. The van der Waals surface area contributed by atoms with Crippen LogP contribution in [-0.2, 0) is 7.05 Å². The summed E-state index contributed by atoms with van der Waals surface area (Å²) in [5, 5.41) is 2.08. The van der Waals surface area contributed by atoms with Crippen molar-refractivity contribution in [2.24, 2.45) is 7.05 Å². The summed E-state index contributed by atoms with van der Waals surface area (Å²) < 4.78 is 49.5. The van der Waals surface area contributed by atoms with Crippen LogP contribution in [0.15, 0.2) is 42.6 Å². The number of pyridine rings is 1. The molecular weight excluding hydrogens is 302 g/mol. The Morgan fingerprint density at radius 1 is 1.04 bits per heavy atom. The molecule has 1 heteroatoms. The Bertz CT molecular complexity index is 1140. The largest absolute Gasteiger partial charge is 0.220 e. The zero-order valence-corrected chi connectivity index (χ0v) is 14.9. The summed E-state index contributed by atoms with van der Waals surface area (Å²) in [5.74, 6) is 0.601. The minimum Gasteiger partial charge on any atom is -0.200 e. The van der Waals surface area contributed by atoms with E-state index in [0.717, 1.165) is 16.5 Å². The molecule has 1 nitrogen and oxygen atoms in total. The predicted molar refractivity (Wildman–Crippen MR) is 106 cm³/mol. The van der Waals surface area contributed by atoms with Crippen molar-refractivity contribution in [3.05, 3.63) is 64.8 Å². The average molecular weight is 337 g/mol. The van der Waals surface area contributed by atoms with Gasteiger partial charge in [-0.3, -0.25) is 0 Å². The van der Waals surface area contributed by atoms with E-state index in [1.54, 1.807) is 13.0 Å². The molecule has 1 aliphatic rings. The molecule has 128 valence electrons. The molecular formula is C24H28N+. The zero-order chi connectivity index (χ0) is 22.6. The van der Waals surface area contributed by atoms with Crippen LogP contribution < -0.4 is 4.57 Å². The van der Waals surface area contributed by atoms with E-state index in [1.165, 1.54) is 37.3 Å². The van der Waals surface area contributed by atoms with Crippen LogP contribution in [0.4, 0.5) is 0 Å². The van der Waals surface area contributed by atoms with Crippen molar-refractivity contribution >= 4 is 10.8 Å². The summed E-state index contributed by atoms with van der Waals surface area (Å²) >= 11 is 0. The van der Waals surface area contributed by atoms with E-state index in [0.29, 0.717) is 17.0 Å². The van der Waals surface area contributed by atoms with E-state index >= 15 is 0 Å². The van der Waals surface area contributed by atoms with Gasteiger partial charge < -0.3 is 0 Å². The first kappa shape index (κ1) is 10.8. The Morgan fingerprint density at radius 3 is 2.64 bits per heavy atom. The van der Waals surface area contributed by atoms with E-state index in [2.05, 4.69) is 24.3 Å². The minimum atomic E-state index is -2.39. The van der Waals surface area contributed by atoms with Crippen molar-refractivity contribution in [2.75, 3.05) is 0 Å². The number of benzene rings is 2. The van der Waals surface area contributed by atoms with Crippen LogP contribution in [0.3, 0.4) is 0 Å². The van der Waals surface area contributed by atoms with Crippen LogP contribution >= 0.6 is 0 Å². The summed E-state index contributed by atoms with van der Waals surface area (Å²) in [5.41, 5.74) is 3.58. The number of aryl methyl sites for hydroxylation is 3. The van der Waals surface area contributed by atoms with Crippen LogP contribution in [0.1, 0.15) is 62.1 Å². The third-order valence-electron chi connectivity index (χ3n) is 5.65. The normalized spacial score (nSPS) is 19.8. The molecule has 0 spiro atoms. The molecule has 0 aliphatic heterocycles. The van der Waals surface area contributed by atoms with Crippen LogP contribution in [-0.4, -0.2) is 0 Å². The summed E-state index contributed by atoms with van der Waals surface area (Å²) in [7, 11) is 1.91. The third kappa shape index (κ3) is 2.86. The molecule has 0 radical (unpaired) electrons. The molecule has 3 aromatic rings. The highest BCUT2D eigenvalue weighted by atomic mass is 14.9. The van der Waals surface area contributed by atoms with Gasteiger partial charge in [0.05, 0.1) is 10.9 Å². The lowest BCUT2D eigenvalue weighted by Crippen LogP contribution is -2.30. The van der Waals surface area contributed by atoms with Gasteiger partial charge in [0.2, 0.25) is 5.69 Å². The van der Waals surface area contributed by atoms with Gasteiger partial charge in [-0.05, 0) is 73.6 Å². The average Bonchev–Trinajstić information content (AvgIpc) is 3.21. The van der Waals surface area contributed by atoms with E-state index in [4.69, 9.17) is 8.22 Å². The molecule has 0 N–H and O–H groups in total. The molecule has 1 aliphatic carbocycles. The quantitative estimate of drug-likeness (QED) is 0.512. The van der Waals surface area contributed by atoms with Gasteiger partial charge in [0.15, 0.2) is 6.20 Å². The topological polar surface area (TPSA) is 3.88 Å². The first-order valence-electron chi connectivity index (χ1n) is 12.0. The Morgan fingerprint density at radius 2 is 1.88 bits per heavy atom. The fourth-order valence-corrected chi connectivity index (χ4v) is 4.20.